The Hall–Kier alpha value is -1.55. The number of hydrogen-bond acceptors (Lipinski definition) is 3. The van der Waals surface area contributed by atoms with Crippen molar-refractivity contribution >= 4 is 0 Å². The third-order valence-corrected chi connectivity index (χ3v) is 4.56. The van der Waals surface area contributed by atoms with Crippen LogP contribution in [0.25, 0.3) is 0 Å². The zero-order chi connectivity index (χ0) is 15.6. The number of rotatable bonds is 4. The molecule has 22 heavy (non-hydrogen) atoms. The Morgan fingerprint density at radius 1 is 1.23 bits per heavy atom. The Morgan fingerprint density at radius 2 is 2.09 bits per heavy atom. The summed E-state index contributed by atoms with van der Waals surface area (Å²) in [6.45, 7) is 10.8. The van der Waals surface area contributed by atoms with Gasteiger partial charge in [-0.3, -0.25) is 4.90 Å². The topological polar surface area (TPSA) is 30.3 Å². The van der Waals surface area contributed by atoms with Crippen molar-refractivity contribution < 1.29 is 4.74 Å². The van der Waals surface area contributed by atoms with Gasteiger partial charge >= 0.3 is 0 Å². The smallest absolute Gasteiger partial charge is 0.141 e. The summed E-state index contributed by atoms with van der Waals surface area (Å²) in [5, 5.41) is 0. The minimum absolute atomic E-state index is 0.266. The van der Waals surface area contributed by atoms with Crippen LogP contribution < -0.4 is 0 Å². The summed E-state index contributed by atoms with van der Waals surface area (Å²) in [7, 11) is 0. The number of allylic oxidation sites excluding steroid dienone is 2. The molecule has 0 saturated heterocycles. The second-order valence-electron chi connectivity index (χ2n) is 7.35. The van der Waals surface area contributed by atoms with E-state index < -0.39 is 0 Å². The molecule has 0 bridgehead atoms. The van der Waals surface area contributed by atoms with E-state index in [4.69, 9.17) is 4.74 Å². The number of aryl methyl sites for hydroxylation is 1. The van der Waals surface area contributed by atoms with E-state index in [2.05, 4.69) is 41.3 Å². The molecule has 2 heterocycles. The first-order chi connectivity index (χ1) is 10.5. The molecule has 1 aromatic rings. The maximum Gasteiger partial charge on any atom is 0.141 e. The van der Waals surface area contributed by atoms with Crippen molar-refractivity contribution in [3.8, 4) is 0 Å². The lowest BCUT2D eigenvalue weighted by Gasteiger charge is -2.35. The minimum atomic E-state index is 0.266. The van der Waals surface area contributed by atoms with Crippen LogP contribution in [0.4, 0.5) is 0 Å². The van der Waals surface area contributed by atoms with E-state index in [0.29, 0.717) is 0 Å². The van der Waals surface area contributed by atoms with E-state index in [1.54, 1.807) is 5.57 Å². The highest BCUT2D eigenvalue weighted by Crippen LogP contribution is 2.37. The lowest BCUT2D eigenvalue weighted by molar-refractivity contribution is 0.0503. The number of imidazole rings is 1. The van der Waals surface area contributed by atoms with E-state index in [1.165, 1.54) is 11.3 Å². The summed E-state index contributed by atoms with van der Waals surface area (Å²) in [5.41, 5.74) is 3.21. The predicted octanol–water partition coefficient (Wildman–Crippen LogP) is 3.58. The molecule has 2 aliphatic rings. The highest BCUT2D eigenvalue weighted by Gasteiger charge is 2.26. The number of nitrogens with zero attached hydrogens (tertiary/aromatic N) is 3. The Labute approximate surface area is 133 Å². The van der Waals surface area contributed by atoms with E-state index >= 15 is 0 Å². The lowest BCUT2D eigenvalue weighted by atomic mass is 9.80. The third-order valence-electron chi connectivity index (χ3n) is 4.56. The normalized spacial score (nSPS) is 19.7. The fraction of sp³-hybridized carbons (Fsp3) is 0.611. The first-order valence-electron chi connectivity index (χ1n) is 8.26. The van der Waals surface area contributed by atoms with Gasteiger partial charge in [0.05, 0.1) is 6.33 Å². The Kier molecular flexibility index (Phi) is 4.39. The van der Waals surface area contributed by atoms with Crippen LogP contribution in [0.1, 0.15) is 40.0 Å². The molecular formula is C18H27N3O. The van der Waals surface area contributed by atoms with Gasteiger partial charge in [-0.2, -0.15) is 0 Å². The molecule has 0 aromatic carbocycles. The molecule has 0 spiro atoms. The highest BCUT2D eigenvalue weighted by atomic mass is 16.5. The summed E-state index contributed by atoms with van der Waals surface area (Å²) in [4.78, 5) is 6.48. The molecule has 0 fully saturated rings. The summed E-state index contributed by atoms with van der Waals surface area (Å²) < 4.78 is 8.12. The molecule has 0 atom stereocenters. The third kappa shape index (κ3) is 3.61. The standard InChI is InChI=1S/C18H27N3O/c1-18(2,3)16-5-6-17-15(11-16)12-21(14-22-17)9-4-8-20-10-7-19-13-20/h7,10-11,13H,4-6,8-9,12,14H2,1-3H3. The van der Waals surface area contributed by atoms with E-state index in [1.807, 2.05) is 18.7 Å². The van der Waals surface area contributed by atoms with Gasteiger partial charge in [0.1, 0.15) is 12.5 Å². The molecular weight excluding hydrogens is 274 g/mol. The fourth-order valence-electron chi connectivity index (χ4n) is 3.16. The molecule has 0 radical (unpaired) electrons. The molecule has 120 valence electrons. The highest BCUT2D eigenvalue weighted by molar-refractivity contribution is 5.35. The van der Waals surface area contributed by atoms with Gasteiger partial charge in [-0.05, 0) is 18.3 Å². The second-order valence-corrected chi connectivity index (χ2v) is 7.35. The van der Waals surface area contributed by atoms with Gasteiger partial charge in [0.25, 0.3) is 0 Å². The summed E-state index contributed by atoms with van der Waals surface area (Å²) in [5.74, 6) is 1.22. The maximum absolute atomic E-state index is 5.99. The quantitative estimate of drug-likeness (QED) is 0.851. The van der Waals surface area contributed by atoms with Crippen LogP contribution in [0, 0.1) is 5.41 Å². The lowest BCUT2D eigenvalue weighted by Crippen LogP contribution is -2.35. The summed E-state index contributed by atoms with van der Waals surface area (Å²) in [6, 6.07) is 0. The largest absolute Gasteiger partial charge is 0.482 e. The van der Waals surface area contributed by atoms with Gasteiger partial charge in [-0.15, -0.1) is 0 Å². The molecule has 3 rings (SSSR count). The zero-order valence-electron chi connectivity index (χ0n) is 14.0. The van der Waals surface area contributed by atoms with Crippen molar-refractivity contribution in [1.29, 1.82) is 0 Å². The average Bonchev–Trinajstić information content (AvgIpc) is 2.99. The maximum atomic E-state index is 5.99. The molecule has 4 nitrogen and oxygen atoms in total. The Morgan fingerprint density at radius 3 is 2.82 bits per heavy atom. The fourth-order valence-corrected chi connectivity index (χ4v) is 3.16. The van der Waals surface area contributed by atoms with Gasteiger partial charge < -0.3 is 9.30 Å². The molecule has 0 N–H and O–H groups in total. The first-order valence-corrected chi connectivity index (χ1v) is 8.26. The van der Waals surface area contributed by atoms with Crippen molar-refractivity contribution in [3.05, 3.63) is 41.7 Å². The van der Waals surface area contributed by atoms with Gasteiger partial charge in [-0.25, -0.2) is 4.98 Å². The summed E-state index contributed by atoms with van der Waals surface area (Å²) >= 11 is 0. The van der Waals surface area contributed by atoms with E-state index in [-0.39, 0.29) is 5.41 Å². The molecule has 0 saturated carbocycles. The zero-order valence-corrected chi connectivity index (χ0v) is 14.0. The number of aromatic nitrogens is 2. The molecule has 1 aliphatic carbocycles. The van der Waals surface area contributed by atoms with Gasteiger partial charge in [-0.1, -0.05) is 32.4 Å². The van der Waals surface area contributed by atoms with Gasteiger partial charge in [0.2, 0.25) is 0 Å². The van der Waals surface area contributed by atoms with E-state index in [0.717, 1.165) is 45.6 Å². The second kappa shape index (κ2) is 6.29. The Bertz CT molecular complexity index is 564. The SMILES string of the molecule is CC(C)(C)C1=CC2=C(CC1)OCN(CCCn1ccnc1)C2. The van der Waals surface area contributed by atoms with Crippen LogP contribution in [0.15, 0.2) is 41.7 Å². The molecule has 1 aromatic heterocycles. The van der Waals surface area contributed by atoms with Crippen molar-refractivity contribution in [2.75, 3.05) is 19.8 Å². The molecule has 1 aliphatic heterocycles. The Balaban J connectivity index is 1.56. The van der Waals surface area contributed by atoms with Gasteiger partial charge in [0, 0.05) is 44.0 Å². The van der Waals surface area contributed by atoms with Crippen molar-refractivity contribution in [1.82, 2.24) is 14.5 Å². The molecule has 0 unspecified atom stereocenters. The minimum Gasteiger partial charge on any atom is -0.482 e. The number of ether oxygens (including phenoxy) is 1. The molecule has 0 amide bonds. The van der Waals surface area contributed by atoms with Crippen LogP contribution in [0.2, 0.25) is 0 Å². The first kappa shape index (κ1) is 15.3. The number of hydrogen-bond donors (Lipinski definition) is 0. The molecule has 4 heteroatoms. The predicted molar refractivity (Wildman–Crippen MR) is 88.2 cm³/mol. The van der Waals surface area contributed by atoms with Crippen LogP contribution >= 0.6 is 0 Å². The van der Waals surface area contributed by atoms with Crippen LogP contribution in [-0.4, -0.2) is 34.3 Å². The van der Waals surface area contributed by atoms with Crippen molar-refractivity contribution in [2.45, 2.75) is 46.6 Å². The van der Waals surface area contributed by atoms with Crippen LogP contribution in [-0.2, 0) is 11.3 Å². The summed E-state index contributed by atoms with van der Waals surface area (Å²) in [6.07, 6.45) is 11.5. The monoisotopic (exact) mass is 301 g/mol. The van der Waals surface area contributed by atoms with Crippen LogP contribution in [0.3, 0.4) is 0 Å². The van der Waals surface area contributed by atoms with Gasteiger partial charge in [0.15, 0.2) is 0 Å². The van der Waals surface area contributed by atoms with E-state index in [9.17, 15) is 0 Å². The average molecular weight is 301 g/mol. The van der Waals surface area contributed by atoms with Crippen molar-refractivity contribution in [2.24, 2.45) is 5.41 Å². The van der Waals surface area contributed by atoms with Crippen molar-refractivity contribution in [3.63, 3.8) is 0 Å². The van der Waals surface area contributed by atoms with Crippen LogP contribution in [0.5, 0.6) is 0 Å².